The van der Waals surface area contributed by atoms with Gasteiger partial charge in [-0.1, -0.05) is 0 Å². The van der Waals surface area contributed by atoms with E-state index in [0.29, 0.717) is 12.5 Å². The molecule has 4 N–H and O–H groups in total. The molecule has 0 aliphatic heterocycles. The number of amides is 1. The van der Waals surface area contributed by atoms with Crippen LogP contribution in [0.4, 0.5) is 11.4 Å². The van der Waals surface area contributed by atoms with Crippen LogP contribution in [0.2, 0.25) is 0 Å². The van der Waals surface area contributed by atoms with Crippen molar-refractivity contribution < 1.29 is 4.79 Å². The lowest BCUT2D eigenvalue weighted by Gasteiger charge is -2.06. The summed E-state index contributed by atoms with van der Waals surface area (Å²) in [7, 11) is 0. The minimum absolute atomic E-state index is 0.0900. The van der Waals surface area contributed by atoms with Gasteiger partial charge in [0.2, 0.25) is 5.91 Å². The molecule has 1 aromatic carbocycles. The fraction of sp³-hybridized carbons (Fsp3) is 0.273. The van der Waals surface area contributed by atoms with Gasteiger partial charge in [0.15, 0.2) is 5.96 Å². The Morgan fingerprint density at radius 3 is 2.19 bits per heavy atom. The molecule has 5 nitrogen and oxygen atoms in total. The molecule has 0 heterocycles. The lowest BCUT2D eigenvalue weighted by atomic mass is 10.3. The van der Waals surface area contributed by atoms with Crippen molar-refractivity contribution in [1.29, 1.82) is 0 Å². The molecule has 0 saturated heterocycles. The molecule has 0 fully saturated rings. The Kier molecular flexibility index (Phi) is 4.32. The zero-order chi connectivity index (χ0) is 12.0. The minimum Gasteiger partial charge on any atom is -0.370 e. The smallest absolute Gasteiger partial charge is 0.221 e. The Labute approximate surface area is 94.8 Å². The first-order chi connectivity index (χ1) is 7.61. The Morgan fingerprint density at radius 1 is 1.25 bits per heavy atom. The van der Waals surface area contributed by atoms with Gasteiger partial charge >= 0.3 is 0 Å². The lowest BCUT2D eigenvalue weighted by Crippen LogP contribution is -2.22. The first-order valence-electron chi connectivity index (χ1n) is 5.06. The molecule has 16 heavy (non-hydrogen) atoms. The van der Waals surface area contributed by atoms with E-state index in [1.165, 1.54) is 6.92 Å². The molecule has 1 amide bonds. The van der Waals surface area contributed by atoms with Crippen LogP contribution in [0.5, 0.6) is 0 Å². The Balaban J connectivity index is 2.64. The Bertz CT molecular complexity index is 383. The number of anilines is 2. The number of rotatable bonds is 3. The number of nitrogens with one attached hydrogen (secondary N) is 2. The number of aliphatic imine (C=N–C) groups is 1. The molecule has 0 saturated carbocycles. The molecular weight excluding hydrogens is 204 g/mol. The molecule has 1 rings (SSSR count). The number of nitrogens with zero attached hydrogens (tertiary/aromatic N) is 1. The van der Waals surface area contributed by atoms with Gasteiger partial charge < -0.3 is 16.4 Å². The number of carbonyl (C=O) groups is 1. The third-order valence-corrected chi connectivity index (χ3v) is 1.81. The van der Waals surface area contributed by atoms with Crippen molar-refractivity contribution in [2.75, 3.05) is 17.2 Å². The van der Waals surface area contributed by atoms with E-state index in [2.05, 4.69) is 15.6 Å². The maximum Gasteiger partial charge on any atom is 0.221 e. The molecule has 1 aromatic rings. The van der Waals surface area contributed by atoms with E-state index < -0.39 is 0 Å². The zero-order valence-electron chi connectivity index (χ0n) is 9.45. The van der Waals surface area contributed by atoms with Gasteiger partial charge in [0.1, 0.15) is 0 Å². The van der Waals surface area contributed by atoms with Crippen LogP contribution in [-0.2, 0) is 4.79 Å². The van der Waals surface area contributed by atoms with Crippen LogP contribution in [0, 0.1) is 0 Å². The first-order valence-corrected chi connectivity index (χ1v) is 5.06. The number of hydrogen-bond donors (Lipinski definition) is 3. The Morgan fingerprint density at radius 2 is 1.75 bits per heavy atom. The van der Waals surface area contributed by atoms with Gasteiger partial charge in [0.05, 0.1) is 0 Å². The molecule has 5 heteroatoms. The van der Waals surface area contributed by atoms with E-state index in [4.69, 9.17) is 5.73 Å². The van der Waals surface area contributed by atoms with E-state index in [9.17, 15) is 4.79 Å². The third kappa shape index (κ3) is 4.00. The topological polar surface area (TPSA) is 79.5 Å². The summed E-state index contributed by atoms with van der Waals surface area (Å²) < 4.78 is 0. The van der Waals surface area contributed by atoms with Gasteiger partial charge in [-0.25, -0.2) is 0 Å². The fourth-order valence-corrected chi connectivity index (χ4v) is 1.20. The first kappa shape index (κ1) is 12.0. The van der Waals surface area contributed by atoms with Gasteiger partial charge in [0, 0.05) is 24.8 Å². The van der Waals surface area contributed by atoms with E-state index >= 15 is 0 Å². The van der Waals surface area contributed by atoms with Crippen LogP contribution in [0.15, 0.2) is 29.3 Å². The second-order valence-electron chi connectivity index (χ2n) is 3.24. The van der Waals surface area contributed by atoms with Crippen molar-refractivity contribution >= 4 is 23.2 Å². The van der Waals surface area contributed by atoms with Gasteiger partial charge in [0.25, 0.3) is 0 Å². The van der Waals surface area contributed by atoms with Crippen LogP contribution in [-0.4, -0.2) is 18.4 Å². The summed E-state index contributed by atoms with van der Waals surface area (Å²) in [4.78, 5) is 14.8. The van der Waals surface area contributed by atoms with E-state index in [1.54, 1.807) is 12.1 Å². The molecule has 0 aromatic heterocycles. The molecule has 0 spiro atoms. The highest BCUT2D eigenvalue weighted by molar-refractivity contribution is 5.93. The van der Waals surface area contributed by atoms with Crippen molar-refractivity contribution in [3.8, 4) is 0 Å². The summed E-state index contributed by atoms with van der Waals surface area (Å²) >= 11 is 0. The van der Waals surface area contributed by atoms with E-state index in [1.807, 2.05) is 19.1 Å². The predicted molar refractivity (Wildman–Crippen MR) is 66.5 cm³/mol. The molecule has 0 atom stereocenters. The normalized spacial score (nSPS) is 11.0. The number of guanidine groups is 1. The number of hydrogen-bond acceptors (Lipinski definition) is 2. The quantitative estimate of drug-likeness (QED) is 0.532. The molecule has 0 radical (unpaired) electrons. The molecule has 0 aliphatic carbocycles. The summed E-state index contributed by atoms with van der Waals surface area (Å²) in [6.07, 6.45) is 0. The zero-order valence-corrected chi connectivity index (χ0v) is 9.45. The maximum atomic E-state index is 10.8. The predicted octanol–water partition coefficient (Wildman–Crippen LogP) is 1.39. The molecule has 86 valence electrons. The second kappa shape index (κ2) is 5.75. The van der Waals surface area contributed by atoms with Crippen molar-refractivity contribution in [2.24, 2.45) is 10.7 Å². The number of benzene rings is 1. The van der Waals surface area contributed by atoms with Crippen LogP contribution < -0.4 is 16.4 Å². The summed E-state index contributed by atoms with van der Waals surface area (Å²) in [5.41, 5.74) is 7.19. The molecule has 0 bridgehead atoms. The van der Waals surface area contributed by atoms with Crippen molar-refractivity contribution in [3.63, 3.8) is 0 Å². The van der Waals surface area contributed by atoms with Crippen LogP contribution in [0.25, 0.3) is 0 Å². The van der Waals surface area contributed by atoms with Crippen molar-refractivity contribution in [1.82, 2.24) is 0 Å². The second-order valence-corrected chi connectivity index (χ2v) is 3.24. The van der Waals surface area contributed by atoms with Crippen LogP contribution in [0.3, 0.4) is 0 Å². The largest absolute Gasteiger partial charge is 0.370 e. The lowest BCUT2D eigenvalue weighted by molar-refractivity contribution is -0.114. The number of carbonyl (C=O) groups excluding carboxylic acids is 1. The summed E-state index contributed by atoms with van der Waals surface area (Å²) in [6, 6.07) is 7.23. The third-order valence-electron chi connectivity index (χ3n) is 1.81. The summed E-state index contributed by atoms with van der Waals surface area (Å²) in [5.74, 6) is 0.294. The average molecular weight is 220 g/mol. The fourth-order valence-electron chi connectivity index (χ4n) is 1.20. The van der Waals surface area contributed by atoms with Crippen LogP contribution in [0.1, 0.15) is 13.8 Å². The average Bonchev–Trinajstić information content (AvgIpc) is 2.20. The van der Waals surface area contributed by atoms with Gasteiger partial charge in [-0.15, -0.1) is 0 Å². The van der Waals surface area contributed by atoms with Crippen molar-refractivity contribution in [3.05, 3.63) is 24.3 Å². The van der Waals surface area contributed by atoms with Gasteiger partial charge in [-0.2, -0.15) is 0 Å². The SMILES string of the molecule is CCN=C(N)Nc1ccc(NC(C)=O)cc1. The highest BCUT2D eigenvalue weighted by atomic mass is 16.1. The van der Waals surface area contributed by atoms with Crippen LogP contribution >= 0.6 is 0 Å². The maximum absolute atomic E-state index is 10.8. The number of nitrogens with two attached hydrogens (primary N) is 1. The van der Waals surface area contributed by atoms with Gasteiger partial charge in [-0.3, -0.25) is 9.79 Å². The van der Waals surface area contributed by atoms with Crippen molar-refractivity contribution in [2.45, 2.75) is 13.8 Å². The molecular formula is C11H16N4O. The van der Waals surface area contributed by atoms with E-state index in [0.717, 1.165) is 11.4 Å². The highest BCUT2D eigenvalue weighted by Crippen LogP contribution is 2.12. The standard InChI is InChI=1S/C11H16N4O/c1-3-13-11(12)15-10-6-4-9(5-7-10)14-8(2)16/h4-7H,3H2,1-2H3,(H,14,16)(H3,12,13,15). The Hall–Kier alpha value is -2.04. The minimum atomic E-state index is -0.0900. The van der Waals surface area contributed by atoms with E-state index in [-0.39, 0.29) is 5.91 Å². The highest BCUT2D eigenvalue weighted by Gasteiger charge is 1.97. The van der Waals surface area contributed by atoms with Gasteiger partial charge in [-0.05, 0) is 31.2 Å². The molecule has 0 unspecified atom stereocenters. The summed E-state index contributed by atoms with van der Waals surface area (Å²) in [6.45, 7) is 4.02. The monoisotopic (exact) mass is 220 g/mol. The summed E-state index contributed by atoms with van der Waals surface area (Å²) in [5, 5.41) is 5.62. The molecule has 0 aliphatic rings.